The number of ether oxygens (including phenoxy) is 1. The molecule has 31 heavy (non-hydrogen) atoms. The van der Waals surface area contributed by atoms with Crippen molar-refractivity contribution in [3.05, 3.63) is 92.9 Å². The molecule has 1 N–H and O–H groups in total. The van der Waals surface area contributed by atoms with Crippen molar-refractivity contribution in [3.63, 3.8) is 0 Å². The molecule has 1 aliphatic rings. The largest absolute Gasteiger partial charge is 0.477 e. The van der Waals surface area contributed by atoms with Gasteiger partial charge in [0.05, 0.1) is 0 Å². The van der Waals surface area contributed by atoms with Gasteiger partial charge in [0.1, 0.15) is 17.4 Å². The fourth-order valence-corrected chi connectivity index (χ4v) is 3.54. The summed E-state index contributed by atoms with van der Waals surface area (Å²) in [5.41, 5.74) is 1.62. The SMILES string of the molecule is CN(C)c1ccc(/C=C/c2ccc(/C=C/C3=CC(=C(/C#N)C(=O)O)/C=C(F)O3)s2)cc1. The van der Waals surface area contributed by atoms with E-state index in [2.05, 4.69) is 12.1 Å². The van der Waals surface area contributed by atoms with Crippen LogP contribution in [-0.2, 0) is 9.53 Å². The van der Waals surface area contributed by atoms with Crippen LogP contribution in [0.4, 0.5) is 10.1 Å². The molecule has 0 unspecified atom stereocenters. The predicted octanol–water partition coefficient (Wildman–Crippen LogP) is 5.63. The number of halogens is 1. The molecule has 0 saturated carbocycles. The minimum Gasteiger partial charge on any atom is -0.477 e. The number of benzene rings is 1. The number of carboxylic acids is 1. The highest BCUT2D eigenvalue weighted by Gasteiger charge is 2.17. The van der Waals surface area contributed by atoms with Crippen LogP contribution < -0.4 is 4.90 Å². The molecule has 1 aliphatic heterocycles. The van der Waals surface area contributed by atoms with Crippen LogP contribution >= 0.6 is 11.3 Å². The van der Waals surface area contributed by atoms with Gasteiger partial charge in [-0.05, 0) is 54.1 Å². The summed E-state index contributed by atoms with van der Waals surface area (Å²) in [6, 6.07) is 12.7. The fourth-order valence-electron chi connectivity index (χ4n) is 2.72. The van der Waals surface area contributed by atoms with E-state index in [1.54, 1.807) is 12.1 Å². The van der Waals surface area contributed by atoms with Crippen LogP contribution in [0.3, 0.4) is 0 Å². The van der Waals surface area contributed by atoms with Gasteiger partial charge in [-0.1, -0.05) is 18.2 Å². The Labute approximate surface area is 183 Å². The van der Waals surface area contributed by atoms with Crippen molar-refractivity contribution >= 4 is 41.2 Å². The maximum Gasteiger partial charge on any atom is 0.347 e. The third kappa shape index (κ3) is 5.81. The van der Waals surface area contributed by atoms with Gasteiger partial charge >= 0.3 is 5.97 Å². The first-order chi connectivity index (χ1) is 14.9. The minimum absolute atomic E-state index is 0.0477. The van der Waals surface area contributed by atoms with Crippen LogP contribution in [0.15, 0.2) is 77.5 Å². The van der Waals surface area contributed by atoms with Gasteiger partial charge in [0, 0.05) is 41.2 Å². The van der Waals surface area contributed by atoms with Crippen molar-refractivity contribution in [2.45, 2.75) is 0 Å². The van der Waals surface area contributed by atoms with Crippen LogP contribution in [0, 0.1) is 11.3 Å². The second-order valence-corrected chi connectivity index (χ2v) is 7.88. The molecule has 0 amide bonds. The lowest BCUT2D eigenvalue weighted by Crippen LogP contribution is -2.07. The van der Waals surface area contributed by atoms with Crippen LogP contribution in [0.5, 0.6) is 0 Å². The number of carboxylic acid groups (broad SMARTS) is 1. The molecule has 1 aromatic heterocycles. The Morgan fingerprint density at radius 3 is 2.29 bits per heavy atom. The Bertz CT molecular complexity index is 1180. The molecule has 0 fully saturated rings. The fraction of sp³-hybridized carbons (Fsp3) is 0.0833. The molecule has 3 rings (SSSR count). The first-order valence-corrected chi connectivity index (χ1v) is 10.0. The average Bonchev–Trinajstić information content (AvgIpc) is 3.19. The molecule has 0 atom stereocenters. The third-order valence-electron chi connectivity index (χ3n) is 4.31. The molecule has 5 nitrogen and oxygen atoms in total. The minimum atomic E-state index is -1.42. The maximum absolute atomic E-state index is 13.7. The van der Waals surface area contributed by atoms with E-state index in [1.165, 1.54) is 23.5 Å². The summed E-state index contributed by atoms with van der Waals surface area (Å²) >= 11 is 1.53. The van der Waals surface area contributed by atoms with Crippen LogP contribution in [0.2, 0.25) is 0 Å². The molecule has 7 heteroatoms. The molecule has 0 radical (unpaired) electrons. The molecular weight excluding hydrogens is 415 g/mol. The van der Waals surface area contributed by atoms with E-state index in [0.29, 0.717) is 0 Å². The number of carbonyl (C=O) groups is 1. The Kier molecular flexibility index (Phi) is 6.85. The summed E-state index contributed by atoms with van der Waals surface area (Å²) in [6.07, 6.45) is 9.50. The Hall–Kier alpha value is -3.89. The molecular formula is C24H19FN2O3S. The summed E-state index contributed by atoms with van der Waals surface area (Å²) in [7, 11) is 3.99. The number of hydrogen-bond acceptors (Lipinski definition) is 5. The number of rotatable bonds is 6. The topological polar surface area (TPSA) is 73.6 Å². The number of thiophene rings is 1. The van der Waals surface area contributed by atoms with E-state index >= 15 is 0 Å². The molecule has 156 valence electrons. The number of nitrogens with zero attached hydrogens (tertiary/aromatic N) is 2. The van der Waals surface area contributed by atoms with Gasteiger partial charge in [-0.15, -0.1) is 11.3 Å². The summed E-state index contributed by atoms with van der Waals surface area (Å²) in [5, 5.41) is 18.0. The first kappa shape index (κ1) is 21.8. The van der Waals surface area contributed by atoms with Crippen molar-refractivity contribution in [1.29, 1.82) is 5.26 Å². The highest BCUT2D eigenvalue weighted by Crippen LogP contribution is 2.26. The molecule has 0 spiro atoms. The van der Waals surface area contributed by atoms with Gasteiger partial charge in [-0.3, -0.25) is 0 Å². The maximum atomic E-state index is 13.7. The lowest BCUT2D eigenvalue weighted by molar-refractivity contribution is -0.132. The average molecular weight is 434 g/mol. The van der Waals surface area contributed by atoms with Gasteiger partial charge in [-0.2, -0.15) is 9.65 Å². The standard InChI is InChI=1S/C24H19FN2O3S/c1-27(2)18-6-3-16(4-7-18)5-9-20-11-12-21(31-20)10-8-19-13-17(14-23(25)30-19)22(15-26)24(28)29/h3-14H,1-2H3,(H,28,29)/b9-5+,10-8+,22-17+. The second kappa shape index (κ2) is 9.74. The zero-order valence-corrected chi connectivity index (χ0v) is 17.7. The van der Waals surface area contributed by atoms with Gasteiger partial charge < -0.3 is 14.7 Å². The van der Waals surface area contributed by atoms with Crippen LogP contribution in [-0.4, -0.2) is 25.2 Å². The summed E-state index contributed by atoms with van der Waals surface area (Å²) in [6.45, 7) is 0. The summed E-state index contributed by atoms with van der Waals surface area (Å²) in [4.78, 5) is 15.1. The number of aliphatic carboxylic acids is 1. The zero-order valence-electron chi connectivity index (χ0n) is 16.9. The molecule has 1 aromatic carbocycles. The number of allylic oxidation sites excluding steroid dienone is 4. The Balaban J connectivity index is 1.72. The number of hydrogen-bond donors (Lipinski definition) is 1. The van der Waals surface area contributed by atoms with E-state index in [9.17, 15) is 9.18 Å². The highest BCUT2D eigenvalue weighted by atomic mass is 32.1. The summed E-state index contributed by atoms with van der Waals surface area (Å²) in [5.74, 6) is -1.32. The predicted molar refractivity (Wildman–Crippen MR) is 122 cm³/mol. The smallest absolute Gasteiger partial charge is 0.347 e. The van der Waals surface area contributed by atoms with Crippen LogP contribution in [0.25, 0.3) is 18.2 Å². The molecule has 0 aliphatic carbocycles. The molecule has 2 aromatic rings. The Morgan fingerprint density at radius 2 is 1.71 bits per heavy atom. The highest BCUT2D eigenvalue weighted by molar-refractivity contribution is 7.13. The second-order valence-electron chi connectivity index (χ2n) is 6.74. The first-order valence-electron chi connectivity index (χ1n) is 9.23. The normalized spacial score (nSPS) is 15.3. The quantitative estimate of drug-likeness (QED) is 0.471. The Morgan fingerprint density at radius 1 is 1.06 bits per heavy atom. The van der Waals surface area contributed by atoms with E-state index < -0.39 is 17.6 Å². The van der Waals surface area contributed by atoms with E-state index in [0.717, 1.165) is 27.1 Å². The zero-order chi connectivity index (χ0) is 22.4. The van der Waals surface area contributed by atoms with Crippen molar-refractivity contribution in [2.24, 2.45) is 0 Å². The van der Waals surface area contributed by atoms with Gasteiger partial charge in [0.2, 0.25) is 0 Å². The molecule has 2 heterocycles. The lowest BCUT2D eigenvalue weighted by Gasteiger charge is -2.11. The van der Waals surface area contributed by atoms with Gasteiger partial charge in [-0.25, -0.2) is 4.79 Å². The monoisotopic (exact) mass is 434 g/mol. The van der Waals surface area contributed by atoms with Gasteiger partial charge in [0.25, 0.3) is 6.01 Å². The van der Waals surface area contributed by atoms with E-state index in [1.807, 2.05) is 55.4 Å². The number of nitriles is 1. The lowest BCUT2D eigenvalue weighted by atomic mass is 10.1. The van der Waals surface area contributed by atoms with Crippen LogP contribution in [0.1, 0.15) is 15.3 Å². The van der Waals surface area contributed by atoms with Crippen molar-refractivity contribution in [3.8, 4) is 6.07 Å². The van der Waals surface area contributed by atoms with Crippen molar-refractivity contribution < 1.29 is 19.0 Å². The molecule has 0 bridgehead atoms. The molecule has 0 saturated heterocycles. The van der Waals surface area contributed by atoms with Crippen molar-refractivity contribution in [2.75, 3.05) is 19.0 Å². The number of anilines is 1. The van der Waals surface area contributed by atoms with E-state index in [-0.39, 0.29) is 11.3 Å². The van der Waals surface area contributed by atoms with Crippen molar-refractivity contribution in [1.82, 2.24) is 0 Å². The third-order valence-corrected chi connectivity index (χ3v) is 5.32. The summed E-state index contributed by atoms with van der Waals surface area (Å²) < 4.78 is 18.7. The van der Waals surface area contributed by atoms with Gasteiger partial charge in [0.15, 0.2) is 0 Å². The van der Waals surface area contributed by atoms with E-state index in [4.69, 9.17) is 15.1 Å².